The highest BCUT2D eigenvalue weighted by Gasteiger charge is 2.25. The number of nitriles is 1. The zero-order chi connectivity index (χ0) is 24.4. The summed E-state index contributed by atoms with van der Waals surface area (Å²) in [6.45, 7) is 3.83. The quantitative estimate of drug-likeness (QED) is 0.511. The summed E-state index contributed by atoms with van der Waals surface area (Å²) in [5.41, 5.74) is 3.82. The zero-order valence-corrected chi connectivity index (χ0v) is 20.0. The van der Waals surface area contributed by atoms with Gasteiger partial charge in [-0.3, -0.25) is 14.6 Å². The number of nitrogens with zero attached hydrogens (tertiary/aromatic N) is 3. The number of ketones is 1. The SMILES string of the molecule is C[C@H](Cc1ccc(C#N)n(C)c1=O)C1=Cc2cc(Cl)c(O[C@H](C)c3ccccn3)cc2CC1=O. The molecule has 0 fully saturated rings. The number of hydrogen-bond donors (Lipinski definition) is 0. The Labute approximate surface area is 203 Å². The van der Waals surface area contributed by atoms with E-state index in [1.165, 1.54) is 4.57 Å². The van der Waals surface area contributed by atoms with Crippen LogP contribution >= 0.6 is 11.6 Å². The summed E-state index contributed by atoms with van der Waals surface area (Å²) in [6.07, 6.45) is 3.92. The predicted molar refractivity (Wildman–Crippen MR) is 131 cm³/mol. The molecule has 0 radical (unpaired) electrons. The van der Waals surface area contributed by atoms with E-state index in [0.29, 0.717) is 34.0 Å². The molecule has 0 bridgehead atoms. The molecular formula is C27H24ClN3O3. The molecule has 0 unspecified atom stereocenters. The fraction of sp³-hybridized carbons (Fsp3) is 0.259. The van der Waals surface area contributed by atoms with Gasteiger partial charge in [0.1, 0.15) is 23.6 Å². The third kappa shape index (κ3) is 4.66. The number of aromatic nitrogens is 2. The molecule has 3 aromatic rings. The van der Waals surface area contributed by atoms with E-state index in [4.69, 9.17) is 21.6 Å². The van der Waals surface area contributed by atoms with Gasteiger partial charge in [0.25, 0.3) is 5.56 Å². The van der Waals surface area contributed by atoms with E-state index in [0.717, 1.165) is 16.8 Å². The summed E-state index contributed by atoms with van der Waals surface area (Å²) in [6, 6.07) is 14.6. The molecule has 0 N–H and O–H groups in total. The van der Waals surface area contributed by atoms with Crippen LogP contribution < -0.4 is 10.3 Å². The number of hydrogen-bond acceptors (Lipinski definition) is 5. The fourth-order valence-corrected chi connectivity index (χ4v) is 4.41. The number of allylic oxidation sites excluding steroid dienone is 1. The third-order valence-corrected chi connectivity index (χ3v) is 6.44. The first-order valence-corrected chi connectivity index (χ1v) is 11.4. The number of ether oxygens (including phenoxy) is 1. The van der Waals surface area contributed by atoms with Crippen LogP contribution in [0.5, 0.6) is 5.75 Å². The van der Waals surface area contributed by atoms with Crippen LogP contribution in [-0.2, 0) is 24.7 Å². The Morgan fingerprint density at radius 1 is 1.21 bits per heavy atom. The summed E-state index contributed by atoms with van der Waals surface area (Å²) in [7, 11) is 1.58. The molecule has 2 aromatic heterocycles. The van der Waals surface area contributed by atoms with Gasteiger partial charge < -0.3 is 9.30 Å². The van der Waals surface area contributed by atoms with E-state index in [1.54, 1.807) is 25.4 Å². The molecule has 6 nitrogen and oxygen atoms in total. The molecule has 172 valence electrons. The van der Waals surface area contributed by atoms with Gasteiger partial charge in [0.15, 0.2) is 5.78 Å². The van der Waals surface area contributed by atoms with Gasteiger partial charge in [0, 0.05) is 25.2 Å². The van der Waals surface area contributed by atoms with Crippen LogP contribution in [-0.4, -0.2) is 15.3 Å². The number of carbonyl (C=O) groups excluding carboxylic acids is 1. The lowest BCUT2D eigenvalue weighted by Gasteiger charge is -2.23. The van der Waals surface area contributed by atoms with Crippen molar-refractivity contribution in [2.45, 2.75) is 32.8 Å². The highest BCUT2D eigenvalue weighted by Crippen LogP contribution is 2.36. The average Bonchev–Trinajstić information content (AvgIpc) is 2.83. The highest BCUT2D eigenvalue weighted by molar-refractivity contribution is 6.32. The van der Waals surface area contributed by atoms with E-state index in [2.05, 4.69) is 4.98 Å². The Bertz CT molecular complexity index is 1390. The molecular weight excluding hydrogens is 450 g/mol. The van der Waals surface area contributed by atoms with E-state index in [-0.39, 0.29) is 29.8 Å². The van der Waals surface area contributed by atoms with Gasteiger partial charge in [-0.05, 0) is 72.4 Å². The Balaban J connectivity index is 1.58. The van der Waals surface area contributed by atoms with Crippen molar-refractivity contribution in [1.29, 1.82) is 5.26 Å². The second kappa shape index (κ2) is 9.66. The first-order valence-electron chi connectivity index (χ1n) is 11.0. The van der Waals surface area contributed by atoms with Gasteiger partial charge in [-0.15, -0.1) is 0 Å². The van der Waals surface area contributed by atoms with Gasteiger partial charge in [-0.25, -0.2) is 0 Å². The molecule has 0 aliphatic heterocycles. The minimum absolute atomic E-state index is 0.0107. The maximum absolute atomic E-state index is 13.0. The lowest BCUT2D eigenvalue weighted by atomic mass is 9.83. The number of halogens is 1. The summed E-state index contributed by atoms with van der Waals surface area (Å²) in [5, 5.41) is 9.57. The maximum Gasteiger partial charge on any atom is 0.254 e. The summed E-state index contributed by atoms with van der Waals surface area (Å²) in [5.74, 6) is 0.356. The first kappa shape index (κ1) is 23.5. The van der Waals surface area contributed by atoms with Gasteiger partial charge in [-0.2, -0.15) is 5.26 Å². The monoisotopic (exact) mass is 473 g/mol. The van der Waals surface area contributed by atoms with Crippen LogP contribution in [0, 0.1) is 17.2 Å². The molecule has 1 aliphatic carbocycles. The summed E-state index contributed by atoms with van der Waals surface area (Å²) < 4.78 is 7.38. The normalized spacial score (nSPS) is 14.6. The molecule has 2 heterocycles. The van der Waals surface area contributed by atoms with Crippen molar-refractivity contribution in [1.82, 2.24) is 9.55 Å². The number of Topliss-reactive ketones (excluding diaryl/α,β-unsaturated/α-hetero) is 1. The van der Waals surface area contributed by atoms with Crippen LogP contribution in [0.3, 0.4) is 0 Å². The van der Waals surface area contributed by atoms with Gasteiger partial charge >= 0.3 is 0 Å². The molecule has 2 atom stereocenters. The lowest BCUT2D eigenvalue weighted by Crippen LogP contribution is -2.26. The van der Waals surface area contributed by atoms with Crippen LogP contribution in [0.2, 0.25) is 5.02 Å². The van der Waals surface area contributed by atoms with Crippen LogP contribution in [0.1, 0.15) is 48.0 Å². The Hall–Kier alpha value is -3.69. The van der Waals surface area contributed by atoms with Crippen molar-refractivity contribution in [2.75, 3.05) is 0 Å². The molecule has 34 heavy (non-hydrogen) atoms. The van der Waals surface area contributed by atoms with Crippen LogP contribution in [0.25, 0.3) is 6.08 Å². The van der Waals surface area contributed by atoms with Crippen LogP contribution in [0.15, 0.2) is 59.0 Å². The van der Waals surface area contributed by atoms with Crippen molar-refractivity contribution in [3.8, 4) is 11.8 Å². The lowest BCUT2D eigenvalue weighted by molar-refractivity contribution is -0.115. The topological polar surface area (TPSA) is 85.0 Å². The zero-order valence-electron chi connectivity index (χ0n) is 19.2. The molecule has 0 saturated carbocycles. The maximum atomic E-state index is 13.0. The average molecular weight is 474 g/mol. The molecule has 0 saturated heterocycles. The van der Waals surface area contributed by atoms with Gasteiger partial charge in [-0.1, -0.05) is 30.7 Å². The molecule has 4 rings (SSSR count). The highest BCUT2D eigenvalue weighted by atomic mass is 35.5. The number of carbonyl (C=O) groups is 1. The van der Waals surface area contributed by atoms with Crippen molar-refractivity contribution in [3.63, 3.8) is 0 Å². The Morgan fingerprint density at radius 2 is 2.00 bits per heavy atom. The first-order chi connectivity index (χ1) is 16.3. The van der Waals surface area contributed by atoms with Crippen molar-refractivity contribution >= 4 is 23.5 Å². The van der Waals surface area contributed by atoms with E-state index in [9.17, 15) is 9.59 Å². The second-order valence-corrected chi connectivity index (χ2v) is 8.93. The van der Waals surface area contributed by atoms with Gasteiger partial charge in [0.05, 0.1) is 10.7 Å². The fourth-order valence-electron chi connectivity index (χ4n) is 4.19. The third-order valence-electron chi connectivity index (χ3n) is 6.14. The molecule has 1 aliphatic rings. The smallest absolute Gasteiger partial charge is 0.254 e. The Morgan fingerprint density at radius 3 is 2.71 bits per heavy atom. The van der Waals surface area contributed by atoms with E-state index >= 15 is 0 Å². The summed E-state index contributed by atoms with van der Waals surface area (Å²) >= 11 is 6.52. The number of fused-ring (bicyclic) bond motifs is 1. The van der Waals surface area contributed by atoms with Crippen molar-refractivity contribution in [2.24, 2.45) is 13.0 Å². The van der Waals surface area contributed by atoms with Crippen LogP contribution in [0.4, 0.5) is 0 Å². The second-order valence-electron chi connectivity index (χ2n) is 8.52. The molecule has 0 spiro atoms. The van der Waals surface area contributed by atoms with Gasteiger partial charge in [0.2, 0.25) is 0 Å². The predicted octanol–water partition coefficient (Wildman–Crippen LogP) is 4.83. The van der Waals surface area contributed by atoms with E-state index in [1.807, 2.05) is 56.3 Å². The minimum atomic E-state index is -0.294. The summed E-state index contributed by atoms with van der Waals surface area (Å²) in [4.78, 5) is 29.9. The number of pyridine rings is 2. The van der Waals surface area contributed by atoms with Crippen molar-refractivity contribution < 1.29 is 9.53 Å². The largest absolute Gasteiger partial charge is 0.483 e. The molecule has 1 aromatic carbocycles. The molecule has 0 amide bonds. The molecule has 7 heteroatoms. The standard InChI is InChI=1S/C27H24ClN3O3/c1-16(10-18-7-8-21(15-29)31(3)27(18)33)22-11-19-12-23(28)26(14-20(19)13-25(22)32)34-17(2)24-6-4-5-9-30-24/h4-9,11-12,14,16-17H,10,13H2,1-3H3/t16-,17-/m1/s1. The number of benzene rings is 1. The van der Waals surface area contributed by atoms with Crippen molar-refractivity contribution in [3.05, 3.63) is 97.7 Å². The number of rotatable bonds is 6. The minimum Gasteiger partial charge on any atom is -0.483 e. The Kier molecular flexibility index (Phi) is 6.67. The van der Waals surface area contributed by atoms with E-state index < -0.39 is 0 Å².